The molecule has 0 fully saturated rings. The lowest BCUT2D eigenvalue weighted by molar-refractivity contribution is -0.113. The molecule has 34 heavy (non-hydrogen) atoms. The number of halogens is 2. The van der Waals surface area contributed by atoms with Crippen molar-refractivity contribution in [3.05, 3.63) is 81.0 Å². The summed E-state index contributed by atoms with van der Waals surface area (Å²) in [6.45, 7) is 2.19. The van der Waals surface area contributed by atoms with Crippen molar-refractivity contribution in [3.63, 3.8) is 0 Å². The summed E-state index contributed by atoms with van der Waals surface area (Å²) in [7, 11) is 0. The summed E-state index contributed by atoms with van der Waals surface area (Å²) >= 11 is 2.51. The Hall–Kier alpha value is -3.04. The Morgan fingerprint density at radius 2 is 1.91 bits per heavy atom. The number of para-hydroxylation sites is 2. The quantitative estimate of drug-likeness (QED) is 0.289. The van der Waals surface area contributed by atoms with Gasteiger partial charge in [0.25, 0.3) is 5.56 Å². The first-order valence-corrected chi connectivity index (χ1v) is 12.7. The monoisotopic (exact) mass is 497 g/mol. The molecule has 174 valence electrons. The number of thioether (sulfide) groups is 1. The summed E-state index contributed by atoms with van der Waals surface area (Å²) in [5.41, 5.74) is 0.833. The number of hydrogen-bond donors (Lipinski definition) is 1. The van der Waals surface area contributed by atoms with Crippen LogP contribution in [0.2, 0.25) is 0 Å². The van der Waals surface area contributed by atoms with E-state index in [9.17, 15) is 18.4 Å². The minimum Gasteiger partial charge on any atom is -0.323 e. The van der Waals surface area contributed by atoms with Crippen LogP contribution in [0.15, 0.2) is 58.5 Å². The van der Waals surface area contributed by atoms with Crippen LogP contribution in [0.1, 0.15) is 23.8 Å². The summed E-state index contributed by atoms with van der Waals surface area (Å²) in [4.78, 5) is 32.7. The van der Waals surface area contributed by atoms with Crippen LogP contribution in [-0.2, 0) is 17.6 Å². The van der Waals surface area contributed by atoms with E-state index in [2.05, 4.69) is 12.2 Å². The molecule has 5 nitrogen and oxygen atoms in total. The van der Waals surface area contributed by atoms with E-state index in [1.165, 1.54) is 46.2 Å². The Morgan fingerprint density at radius 3 is 2.68 bits per heavy atom. The van der Waals surface area contributed by atoms with Gasteiger partial charge in [0.05, 0.1) is 22.5 Å². The van der Waals surface area contributed by atoms with Crippen molar-refractivity contribution in [2.45, 2.75) is 31.3 Å². The average molecular weight is 498 g/mol. The highest BCUT2D eigenvalue weighted by molar-refractivity contribution is 7.99. The second-order valence-corrected chi connectivity index (χ2v) is 10.4. The molecule has 2 heterocycles. The lowest BCUT2D eigenvalue weighted by Crippen LogP contribution is -2.24. The van der Waals surface area contributed by atoms with Crippen molar-refractivity contribution < 1.29 is 13.6 Å². The van der Waals surface area contributed by atoms with Crippen LogP contribution >= 0.6 is 23.1 Å². The van der Waals surface area contributed by atoms with Crippen molar-refractivity contribution in [2.24, 2.45) is 5.92 Å². The van der Waals surface area contributed by atoms with Gasteiger partial charge in [0.2, 0.25) is 5.91 Å². The Labute approximate surface area is 202 Å². The van der Waals surface area contributed by atoms with Gasteiger partial charge in [-0.1, -0.05) is 43.0 Å². The summed E-state index contributed by atoms with van der Waals surface area (Å²) < 4.78 is 29.9. The molecule has 1 aliphatic rings. The minimum absolute atomic E-state index is 0.0723. The number of anilines is 1. The molecule has 5 rings (SSSR count). The first kappa shape index (κ1) is 22.7. The van der Waals surface area contributed by atoms with Crippen LogP contribution in [-0.4, -0.2) is 21.2 Å². The van der Waals surface area contributed by atoms with Gasteiger partial charge in [-0.15, -0.1) is 11.3 Å². The number of rotatable bonds is 5. The Kier molecular flexibility index (Phi) is 6.22. The van der Waals surface area contributed by atoms with E-state index >= 15 is 0 Å². The Balaban J connectivity index is 1.55. The van der Waals surface area contributed by atoms with E-state index in [-0.39, 0.29) is 27.8 Å². The second-order valence-electron chi connectivity index (χ2n) is 8.33. The summed E-state index contributed by atoms with van der Waals surface area (Å²) in [6, 6.07) is 11.9. The van der Waals surface area contributed by atoms with Gasteiger partial charge in [0.15, 0.2) is 5.16 Å². The van der Waals surface area contributed by atoms with Crippen LogP contribution < -0.4 is 10.9 Å². The fourth-order valence-electron chi connectivity index (χ4n) is 4.19. The predicted octanol–water partition coefficient (Wildman–Crippen LogP) is 5.58. The SMILES string of the molecule is CC1CCc2c(sc3nc(SCC(=O)Nc4ccccc4F)n(-c4ccccc4F)c(=O)c23)C1. The van der Waals surface area contributed by atoms with E-state index < -0.39 is 17.5 Å². The maximum absolute atomic E-state index is 14.8. The van der Waals surface area contributed by atoms with Gasteiger partial charge in [-0.2, -0.15) is 0 Å². The Morgan fingerprint density at radius 1 is 1.18 bits per heavy atom. The minimum atomic E-state index is -0.555. The second kappa shape index (κ2) is 9.31. The van der Waals surface area contributed by atoms with Crippen LogP contribution in [0.4, 0.5) is 14.5 Å². The lowest BCUT2D eigenvalue weighted by Gasteiger charge is -2.18. The summed E-state index contributed by atoms with van der Waals surface area (Å²) in [5, 5.41) is 3.28. The molecular formula is C25H21F2N3O2S2. The fraction of sp³-hybridized carbons (Fsp3) is 0.240. The molecule has 0 spiro atoms. The van der Waals surface area contributed by atoms with Gasteiger partial charge >= 0.3 is 0 Å². The largest absolute Gasteiger partial charge is 0.323 e. The van der Waals surface area contributed by atoms with Gasteiger partial charge < -0.3 is 5.32 Å². The number of aryl methyl sites for hydroxylation is 1. The maximum Gasteiger partial charge on any atom is 0.267 e. The van der Waals surface area contributed by atoms with Crippen molar-refractivity contribution in [3.8, 4) is 5.69 Å². The highest BCUT2D eigenvalue weighted by Crippen LogP contribution is 2.37. The molecule has 1 atom stereocenters. The third kappa shape index (κ3) is 4.25. The van der Waals surface area contributed by atoms with Crippen LogP contribution in [0.3, 0.4) is 0 Å². The number of carbonyl (C=O) groups excluding carboxylic acids is 1. The third-order valence-corrected chi connectivity index (χ3v) is 7.96. The highest BCUT2D eigenvalue weighted by Gasteiger charge is 2.26. The summed E-state index contributed by atoms with van der Waals surface area (Å²) in [6.07, 6.45) is 2.68. The average Bonchev–Trinajstić information content (AvgIpc) is 3.17. The Bertz CT molecular complexity index is 1460. The fourth-order valence-corrected chi connectivity index (χ4v) is 6.42. The first-order chi connectivity index (χ1) is 16.4. The standard InChI is InChI=1S/C25H21F2N3O2S2/c1-14-10-11-15-20(12-14)34-23-22(15)24(32)30(19-9-5-3-7-17(19)27)25(29-23)33-13-21(31)28-18-8-4-2-6-16(18)26/h2-9,14H,10-13H2,1H3,(H,28,31). The molecule has 0 radical (unpaired) electrons. The van der Waals surface area contributed by atoms with Crippen LogP contribution in [0.25, 0.3) is 15.9 Å². The zero-order valence-electron chi connectivity index (χ0n) is 18.3. The molecule has 1 unspecified atom stereocenters. The molecule has 1 aliphatic carbocycles. The molecule has 0 bridgehead atoms. The number of thiophene rings is 1. The molecule has 0 saturated heterocycles. The number of nitrogens with zero attached hydrogens (tertiary/aromatic N) is 2. The zero-order valence-corrected chi connectivity index (χ0v) is 19.9. The van der Waals surface area contributed by atoms with Crippen molar-refractivity contribution in [1.29, 1.82) is 0 Å². The number of hydrogen-bond acceptors (Lipinski definition) is 5. The number of carbonyl (C=O) groups is 1. The van der Waals surface area contributed by atoms with Gasteiger partial charge in [-0.05, 0) is 55.0 Å². The van der Waals surface area contributed by atoms with E-state index in [1.807, 2.05) is 0 Å². The predicted molar refractivity (Wildman–Crippen MR) is 132 cm³/mol. The maximum atomic E-state index is 14.8. The van der Waals surface area contributed by atoms with Crippen LogP contribution in [0.5, 0.6) is 0 Å². The van der Waals surface area contributed by atoms with E-state index in [0.29, 0.717) is 16.1 Å². The van der Waals surface area contributed by atoms with Gasteiger partial charge in [0, 0.05) is 4.88 Å². The molecule has 2 aromatic carbocycles. The number of nitrogens with one attached hydrogen (secondary N) is 1. The van der Waals surface area contributed by atoms with E-state index in [1.54, 1.807) is 18.2 Å². The topological polar surface area (TPSA) is 64.0 Å². The first-order valence-electron chi connectivity index (χ1n) is 10.9. The normalized spacial score (nSPS) is 15.3. The highest BCUT2D eigenvalue weighted by atomic mass is 32.2. The van der Waals surface area contributed by atoms with Crippen LogP contribution in [0, 0.1) is 17.6 Å². The van der Waals surface area contributed by atoms with Gasteiger partial charge in [-0.3, -0.25) is 14.2 Å². The van der Waals surface area contributed by atoms with Crippen molar-refractivity contribution in [2.75, 3.05) is 11.1 Å². The third-order valence-electron chi connectivity index (χ3n) is 5.87. The molecule has 0 saturated carbocycles. The number of fused-ring (bicyclic) bond motifs is 3. The molecule has 2 aromatic heterocycles. The lowest BCUT2D eigenvalue weighted by atomic mass is 9.89. The molecule has 1 N–H and O–H groups in total. The molecule has 9 heteroatoms. The zero-order chi connectivity index (χ0) is 23.8. The smallest absolute Gasteiger partial charge is 0.267 e. The van der Waals surface area contributed by atoms with E-state index in [0.717, 1.165) is 41.5 Å². The van der Waals surface area contributed by atoms with E-state index in [4.69, 9.17) is 4.98 Å². The number of benzene rings is 2. The number of amides is 1. The van der Waals surface area contributed by atoms with Crippen molar-refractivity contribution in [1.82, 2.24) is 9.55 Å². The van der Waals surface area contributed by atoms with Gasteiger partial charge in [0.1, 0.15) is 16.5 Å². The molecular weight excluding hydrogens is 476 g/mol. The van der Waals surface area contributed by atoms with Crippen molar-refractivity contribution >= 4 is 44.9 Å². The molecule has 0 aliphatic heterocycles. The molecule has 4 aromatic rings. The number of aromatic nitrogens is 2. The summed E-state index contributed by atoms with van der Waals surface area (Å²) in [5.74, 6) is -1.14. The molecule has 1 amide bonds. The van der Waals surface area contributed by atoms with Gasteiger partial charge in [-0.25, -0.2) is 13.8 Å².